The molecule has 0 saturated carbocycles. The minimum absolute atomic E-state index is 0.189. The summed E-state index contributed by atoms with van der Waals surface area (Å²) in [5, 5.41) is 0. The van der Waals surface area contributed by atoms with E-state index in [2.05, 4.69) is 5.43 Å². The first-order valence-corrected chi connectivity index (χ1v) is 5.76. The predicted octanol–water partition coefficient (Wildman–Crippen LogP) is 2.54. The number of nitrogens with one attached hydrogen (secondary N) is 1. The van der Waals surface area contributed by atoms with Crippen LogP contribution < -0.4 is 11.3 Å². The van der Waals surface area contributed by atoms with Crippen LogP contribution in [-0.2, 0) is 4.74 Å². The molecule has 0 fully saturated rings. The molecule has 0 radical (unpaired) electrons. The quantitative estimate of drug-likeness (QED) is 0.593. The number of halogens is 1. The van der Waals surface area contributed by atoms with Gasteiger partial charge in [-0.3, -0.25) is 11.3 Å². The van der Waals surface area contributed by atoms with Crippen molar-refractivity contribution in [1.82, 2.24) is 5.43 Å². The molecule has 0 aliphatic rings. The number of methoxy groups -OCH3 is 1. The lowest BCUT2D eigenvalue weighted by Crippen LogP contribution is -2.31. The summed E-state index contributed by atoms with van der Waals surface area (Å²) < 4.78 is 18.9. The molecule has 1 unspecified atom stereocenters. The molecule has 1 atom stereocenters. The third kappa shape index (κ3) is 4.07. The molecule has 3 nitrogen and oxygen atoms in total. The monoisotopic (exact) mass is 240 g/mol. The summed E-state index contributed by atoms with van der Waals surface area (Å²) in [6, 6.07) is 6.49. The highest BCUT2D eigenvalue weighted by Gasteiger charge is 2.21. The summed E-state index contributed by atoms with van der Waals surface area (Å²) in [6.07, 6.45) is 1.52. The van der Waals surface area contributed by atoms with E-state index in [1.54, 1.807) is 19.2 Å². The third-order valence-corrected chi connectivity index (χ3v) is 3.07. The van der Waals surface area contributed by atoms with Crippen molar-refractivity contribution in [3.8, 4) is 0 Å². The van der Waals surface area contributed by atoms with Gasteiger partial charge in [0.05, 0.1) is 5.60 Å². The molecule has 17 heavy (non-hydrogen) atoms. The Bertz CT molecular complexity index is 355. The van der Waals surface area contributed by atoms with E-state index in [0.29, 0.717) is 5.56 Å². The average Bonchev–Trinajstić information content (AvgIpc) is 2.32. The molecule has 4 heteroatoms. The largest absolute Gasteiger partial charge is 0.379 e. The maximum Gasteiger partial charge on any atom is 0.128 e. The molecule has 0 spiro atoms. The van der Waals surface area contributed by atoms with Crippen molar-refractivity contribution in [2.24, 2.45) is 5.84 Å². The van der Waals surface area contributed by atoms with Crippen LogP contribution in [0.25, 0.3) is 0 Å². The van der Waals surface area contributed by atoms with Gasteiger partial charge in [0.25, 0.3) is 0 Å². The molecule has 0 aromatic heterocycles. The van der Waals surface area contributed by atoms with Crippen molar-refractivity contribution >= 4 is 0 Å². The van der Waals surface area contributed by atoms with Crippen molar-refractivity contribution in [3.05, 3.63) is 35.6 Å². The Morgan fingerprint density at radius 3 is 2.59 bits per heavy atom. The molecule has 0 heterocycles. The van der Waals surface area contributed by atoms with Gasteiger partial charge < -0.3 is 4.74 Å². The number of nitrogens with two attached hydrogens (primary N) is 1. The first kappa shape index (κ1) is 14.1. The summed E-state index contributed by atoms with van der Waals surface area (Å²) in [6.45, 7) is 4.00. The highest BCUT2D eigenvalue weighted by molar-refractivity contribution is 5.21. The Morgan fingerprint density at radius 2 is 2.06 bits per heavy atom. The van der Waals surface area contributed by atoms with Gasteiger partial charge in [-0.25, -0.2) is 4.39 Å². The van der Waals surface area contributed by atoms with E-state index < -0.39 is 0 Å². The highest BCUT2D eigenvalue weighted by Crippen LogP contribution is 2.25. The SMILES string of the molecule is COC(C)(C)CCC(NN)c1ccccc1F. The van der Waals surface area contributed by atoms with Crippen LogP contribution in [0.2, 0.25) is 0 Å². The van der Waals surface area contributed by atoms with E-state index in [9.17, 15) is 4.39 Å². The van der Waals surface area contributed by atoms with Crippen LogP contribution in [0.5, 0.6) is 0 Å². The number of benzene rings is 1. The van der Waals surface area contributed by atoms with Gasteiger partial charge in [0.1, 0.15) is 5.82 Å². The standard InChI is InChI=1S/C13H21FN2O/c1-13(2,17-3)9-8-12(16-15)10-6-4-5-7-11(10)14/h4-7,12,16H,8-9,15H2,1-3H3. The second kappa shape index (κ2) is 6.10. The van der Waals surface area contributed by atoms with Crippen LogP contribution in [0.1, 0.15) is 38.3 Å². The lowest BCUT2D eigenvalue weighted by atomic mass is 9.95. The van der Waals surface area contributed by atoms with Crippen molar-refractivity contribution in [1.29, 1.82) is 0 Å². The van der Waals surface area contributed by atoms with E-state index in [1.807, 2.05) is 19.9 Å². The Labute approximate surface area is 102 Å². The van der Waals surface area contributed by atoms with Crippen LogP contribution in [0.3, 0.4) is 0 Å². The summed E-state index contributed by atoms with van der Waals surface area (Å²) in [7, 11) is 1.67. The second-order valence-electron chi connectivity index (χ2n) is 4.74. The molecule has 0 amide bonds. The topological polar surface area (TPSA) is 47.3 Å². The van der Waals surface area contributed by atoms with Crippen LogP contribution in [0, 0.1) is 5.82 Å². The fourth-order valence-electron chi connectivity index (χ4n) is 1.68. The number of hydrazine groups is 1. The van der Waals surface area contributed by atoms with Gasteiger partial charge in [0, 0.05) is 18.7 Å². The van der Waals surface area contributed by atoms with Gasteiger partial charge in [-0.1, -0.05) is 18.2 Å². The third-order valence-electron chi connectivity index (χ3n) is 3.07. The lowest BCUT2D eigenvalue weighted by molar-refractivity contribution is 0.0116. The molecule has 0 saturated heterocycles. The van der Waals surface area contributed by atoms with Gasteiger partial charge in [-0.15, -0.1) is 0 Å². The number of hydrogen-bond acceptors (Lipinski definition) is 3. The normalized spacial score (nSPS) is 13.7. The minimum Gasteiger partial charge on any atom is -0.379 e. The first-order valence-electron chi connectivity index (χ1n) is 5.76. The van der Waals surface area contributed by atoms with Crippen LogP contribution in [0.4, 0.5) is 4.39 Å². The highest BCUT2D eigenvalue weighted by atomic mass is 19.1. The lowest BCUT2D eigenvalue weighted by Gasteiger charge is -2.26. The second-order valence-corrected chi connectivity index (χ2v) is 4.74. The fraction of sp³-hybridized carbons (Fsp3) is 0.538. The summed E-state index contributed by atoms with van der Waals surface area (Å²) >= 11 is 0. The maximum atomic E-state index is 13.6. The summed E-state index contributed by atoms with van der Waals surface area (Å²) in [4.78, 5) is 0. The van der Waals surface area contributed by atoms with Crippen molar-refractivity contribution in [3.63, 3.8) is 0 Å². The van der Waals surface area contributed by atoms with Crippen LogP contribution in [0.15, 0.2) is 24.3 Å². The Kier molecular flexibility index (Phi) is 5.05. The van der Waals surface area contributed by atoms with Gasteiger partial charge >= 0.3 is 0 Å². The molecule has 96 valence electrons. The molecule has 1 rings (SSSR count). The molecule has 3 N–H and O–H groups in total. The van der Waals surface area contributed by atoms with Crippen LogP contribution >= 0.6 is 0 Å². The number of hydrogen-bond donors (Lipinski definition) is 2. The zero-order valence-corrected chi connectivity index (χ0v) is 10.7. The van der Waals surface area contributed by atoms with Gasteiger partial charge in [0.2, 0.25) is 0 Å². The van der Waals surface area contributed by atoms with Crippen molar-refractivity contribution < 1.29 is 9.13 Å². The Balaban J connectivity index is 2.70. The van der Waals surface area contributed by atoms with Crippen LogP contribution in [-0.4, -0.2) is 12.7 Å². The van der Waals surface area contributed by atoms with E-state index in [-0.39, 0.29) is 17.5 Å². The molecule has 0 bridgehead atoms. The number of ether oxygens (including phenoxy) is 1. The van der Waals surface area contributed by atoms with E-state index in [4.69, 9.17) is 10.6 Å². The predicted molar refractivity (Wildman–Crippen MR) is 66.8 cm³/mol. The summed E-state index contributed by atoms with van der Waals surface area (Å²) in [5.74, 6) is 5.26. The fourth-order valence-corrected chi connectivity index (χ4v) is 1.68. The van der Waals surface area contributed by atoms with Gasteiger partial charge in [0.15, 0.2) is 0 Å². The first-order chi connectivity index (χ1) is 8.00. The van der Waals surface area contributed by atoms with Gasteiger partial charge in [-0.2, -0.15) is 0 Å². The molecule has 0 aliphatic carbocycles. The molecule has 1 aromatic carbocycles. The van der Waals surface area contributed by atoms with E-state index in [1.165, 1.54) is 6.07 Å². The molecular weight excluding hydrogens is 219 g/mol. The maximum absolute atomic E-state index is 13.6. The van der Waals surface area contributed by atoms with E-state index >= 15 is 0 Å². The smallest absolute Gasteiger partial charge is 0.128 e. The number of rotatable bonds is 6. The summed E-state index contributed by atoms with van der Waals surface area (Å²) in [5.41, 5.74) is 3.04. The Hall–Kier alpha value is -0.970. The van der Waals surface area contributed by atoms with Crippen molar-refractivity contribution in [2.45, 2.75) is 38.3 Å². The van der Waals surface area contributed by atoms with Crippen molar-refractivity contribution in [2.75, 3.05) is 7.11 Å². The minimum atomic E-state index is -0.231. The van der Waals surface area contributed by atoms with E-state index in [0.717, 1.165) is 12.8 Å². The molecular formula is C13H21FN2O. The Morgan fingerprint density at radius 1 is 1.41 bits per heavy atom. The van der Waals surface area contributed by atoms with Gasteiger partial charge in [-0.05, 0) is 32.8 Å². The molecule has 0 aliphatic heterocycles. The average molecular weight is 240 g/mol. The zero-order chi connectivity index (χ0) is 12.9. The zero-order valence-electron chi connectivity index (χ0n) is 10.7. The molecule has 1 aromatic rings.